The molecule has 0 amide bonds. The smallest absolute Gasteiger partial charge is 0.0595 e. The van der Waals surface area contributed by atoms with Crippen molar-refractivity contribution in [2.24, 2.45) is 0 Å². The molecule has 1 nitrogen and oxygen atoms in total. The van der Waals surface area contributed by atoms with Gasteiger partial charge in [-0.25, -0.2) is 0 Å². The molecule has 1 aromatic carbocycles. The Morgan fingerprint density at radius 3 is 2.53 bits per heavy atom. The van der Waals surface area contributed by atoms with Gasteiger partial charge in [0.15, 0.2) is 0 Å². The van der Waals surface area contributed by atoms with Gasteiger partial charge in [-0.2, -0.15) is 0 Å². The van der Waals surface area contributed by atoms with Crippen LogP contribution in [0.15, 0.2) is 18.2 Å². The summed E-state index contributed by atoms with van der Waals surface area (Å²) in [7, 11) is 0. The summed E-state index contributed by atoms with van der Waals surface area (Å²) in [5, 5.41) is 2.23. The van der Waals surface area contributed by atoms with Gasteiger partial charge in [-0.1, -0.05) is 52.1 Å². The third-order valence-corrected chi connectivity index (χ3v) is 3.33. The molecule has 0 aliphatic heterocycles. The van der Waals surface area contributed by atoms with Crippen LogP contribution in [0.1, 0.15) is 12.5 Å². The van der Waals surface area contributed by atoms with Gasteiger partial charge in [0, 0.05) is 18.4 Å². The standard InChI is InChI=1S/C11H14BrCl2N/c1-2-15(6-5-12)8-9-3-4-10(13)11(14)7-9/h3-4,7H,2,5-6,8H2,1H3. The Morgan fingerprint density at radius 1 is 1.27 bits per heavy atom. The topological polar surface area (TPSA) is 3.24 Å². The third kappa shape index (κ3) is 4.31. The summed E-state index contributed by atoms with van der Waals surface area (Å²) in [6.07, 6.45) is 0. The minimum Gasteiger partial charge on any atom is -0.299 e. The van der Waals surface area contributed by atoms with Crippen LogP contribution in [0.25, 0.3) is 0 Å². The molecule has 84 valence electrons. The maximum absolute atomic E-state index is 5.96. The zero-order valence-electron chi connectivity index (χ0n) is 8.64. The Hall–Kier alpha value is 0.240. The Bertz CT molecular complexity index is 317. The molecule has 1 aromatic rings. The summed E-state index contributed by atoms with van der Waals surface area (Å²) in [5.41, 5.74) is 1.20. The Morgan fingerprint density at radius 2 is 2.00 bits per heavy atom. The molecule has 0 N–H and O–H groups in total. The monoisotopic (exact) mass is 309 g/mol. The molecule has 0 aliphatic rings. The normalized spacial score (nSPS) is 11.0. The summed E-state index contributed by atoms with van der Waals surface area (Å²) in [6.45, 7) is 5.14. The minimum absolute atomic E-state index is 0.615. The molecule has 0 aromatic heterocycles. The predicted octanol–water partition coefficient (Wildman–Crippen LogP) is 4.21. The van der Waals surface area contributed by atoms with E-state index in [0.717, 1.165) is 25.0 Å². The fraction of sp³-hybridized carbons (Fsp3) is 0.455. The highest BCUT2D eigenvalue weighted by molar-refractivity contribution is 9.09. The zero-order valence-corrected chi connectivity index (χ0v) is 11.7. The molecule has 0 saturated carbocycles. The largest absolute Gasteiger partial charge is 0.299 e. The molecule has 1 rings (SSSR count). The number of halogens is 3. The molecular formula is C11H14BrCl2N. The van der Waals surface area contributed by atoms with E-state index in [1.54, 1.807) is 0 Å². The highest BCUT2D eigenvalue weighted by atomic mass is 79.9. The first-order chi connectivity index (χ1) is 7.17. The molecule has 0 unspecified atom stereocenters. The first-order valence-electron chi connectivity index (χ1n) is 4.89. The lowest BCUT2D eigenvalue weighted by atomic mass is 10.2. The minimum atomic E-state index is 0.615. The van der Waals surface area contributed by atoms with Gasteiger partial charge >= 0.3 is 0 Å². The van der Waals surface area contributed by atoms with E-state index in [2.05, 4.69) is 27.8 Å². The van der Waals surface area contributed by atoms with Crippen LogP contribution in [0.3, 0.4) is 0 Å². The molecule has 4 heteroatoms. The highest BCUT2D eigenvalue weighted by Crippen LogP contribution is 2.23. The van der Waals surface area contributed by atoms with E-state index in [1.165, 1.54) is 5.56 Å². The number of hydrogen-bond donors (Lipinski definition) is 0. The van der Waals surface area contributed by atoms with Crippen LogP contribution in [-0.2, 0) is 6.54 Å². The van der Waals surface area contributed by atoms with E-state index >= 15 is 0 Å². The van der Waals surface area contributed by atoms with Crippen molar-refractivity contribution in [3.8, 4) is 0 Å². The van der Waals surface area contributed by atoms with Crippen molar-refractivity contribution in [3.63, 3.8) is 0 Å². The van der Waals surface area contributed by atoms with Crippen LogP contribution in [0, 0.1) is 0 Å². The van der Waals surface area contributed by atoms with Crippen molar-refractivity contribution in [2.75, 3.05) is 18.4 Å². The van der Waals surface area contributed by atoms with Crippen molar-refractivity contribution >= 4 is 39.1 Å². The van der Waals surface area contributed by atoms with Gasteiger partial charge in [0.2, 0.25) is 0 Å². The predicted molar refractivity (Wildman–Crippen MR) is 71.2 cm³/mol. The molecule has 0 fully saturated rings. The van der Waals surface area contributed by atoms with Crippen molar-refractivity contribution in [2.45, 2.75) is 13.5 Å². The van der Waals surface area contributed by atoms with Crippen molar-refractivity contribution < 1.29 is 0 Å². The van der Waals surface area contributed by atoms with Gasteiger partial charge in [0.25, 0.3) is 0 Å². The van der Waals surface area contributed by atoms with Crippen molar-refractivity contribution in [3.05, 3.63) is 33.8 Å². The molecule has 0 radical (unpaired) electrons. The van der Waals surface area contributed by atoms with E-state index in [4.69, 9.17) is 23.2 Å². The number of hydrogen-bond acceptors (Lipinski definition) is 1. The van der Waals surface area contributed by atoms with E-state index in [1.807, 2.05) is 18.2 Å². The fourth-order valence-corrected chi connectivity index (χ4v) is 2.19. The number of nitrogens with zero attached hydrogens (tertiary/aromatic N) is 1. The van der Waals surface area contributed by atoms with Crippen LogP contribution in [-0.4, -0.2) is 23.3 Å². The Balaban J connectivity index is 2.66. The Kier molecular flexibility index (Phi) is 5.98. The zero-order chi connectivity index (χ0) is 11.3. The number of alkyl halides is 1. The second-order valence-electron chi connectivity index (χ2n) is 3.31. The summed E-state index contributed by atoms with van der Waals surface area (Å²) in [5.74, 6) is 0. The lowest BCUT2D eigenvalue weighted by Gasteiger charge is -2.19. The van der Waals surface area contributed by atoms with Gasteiger partial charge in [0.1, 0.15) is 0 Å². The number of rotatable bonds is 5. The third-order valence-electron chi connectivity index (χ3n) is 2.24. The molecule has 0 heterocycles. The first-order valence-corrected chi connectivity index (χ1v) is 6.77. The Labute approximate surface area is 109 Å². The van der Waals surface area contributed by atoms with Gasteiger partial charge in [-0.05, 0) is 24.2 Å². The maximum atomic E-state index is 5.96. The van der Waals surface area contributed by atoms with Crippen LogP contribution in [0.4, 0.5) is 0 Å². The van der Waals surface area contributed by atoms with Crippen LogP contribution in [0.5, 0.6) is 0 Å². The maximum Gasteiger partial charge on any atom is 0.0595 e. The molecule has 0 bridgehead atoms. The quantitative estimate of drug-likeness (QED) is 0.736. The van der Waals surface area contributed by atoms with Crippen molar-refractivity contribution in [1.29, 1.82) is 0 Å². The molecule has 15 heavy (non-hydrogen) atoms. The second-order valence-corrected chi connectivity index (χ2v) is 4.91. The average Bonchev–Trinajstić information content (AvgIpc) is 2.23. The molecule has 0 atom stereocenters. The second kappa shape index (κ2) is 6.74. The van der Waals surface area contributed by atoms with E-state index in [-0.39, 0.29) is 0 Å². The van der Waals surface area contributed by atoms with Crippen LogP contribution >= 0.6 is 39.1 Å². The lowest BCUT2D eigenvalue weighted by molar-refractivity contribution is 0.299. The van der Waals surface area contributed by atoms with Crippen LogP contribution in [0.2, 0.25) is 10.0 Å². The first kappa shape index (κ1) is 13.3. The fourth-order valence-electron chi connectivity index (χ4n) is 1.36. The number of benzene rings is 1. The summed E-state index contributed by atoms with van der Waals surface area (Å²) < 4.78 is 0. The van der Waals surface area contributed by atoms with E-state index in [0.29, 0.717) is 10.0 Å². The van der Waals surface area contributed by atoms with E-state index in [9.17, 15) is 0 Å². The molecular weight excluding hydrogens is 297 g/mol. The molecule has 0 aliphatic carbocycles. The van der Waals surface area contributed by atoms with Gasteiger partial charge in [-0.15, -0.1) is 0 Å². The lowest BCUT2D eigenvalue weighted by Crippen LogP contribution is -2.24. The average molecular weight is 311 g/mol. The van der Waals surface area contributed by atoms with Gasteiger partial charge < -0.3 is 0 Å². The molecule has 0 spiro atoms. The van der Waals surface area contributed by atoms with Gasteiger partial charge in [-0.3, -0.25) is 4.90 Å². The van der Waals surface area contributed by atoms with Crippen molar-refractivity contribution in [1.82, 2.24) is 4.90 Å². The van der Waals surface area contributed by atoms with E-state index < -0.39 is 0 Å². The van der Waals surface area contributed by atoms with Crippen LogP contribution < -0.4 is 0 Å². The van der Waals surface area contributed by atoms with Gasteiger partial charge in [0.05, 0.1) is 10.0 Å². The SMILES string of the molecule is CCN(CCBr)Cc1ccc(Cl)c(Cl)c1. The summed E-state index contributed by atoms with van der Waals surface area (Å²) in [4.78, 5) is 2.34. The molecule has 0 saturated heterocycles. The highest BCUT2D eigenvalue weighted by Gasteiger charge is 2.04. The summed E-state index contributed by atoms with van der Waals surface area (Å²) >= 11 is 15.3. The summed E-state index contributed by atoms with van der Waals surface area (Å²) in [6, 6.07) is 5.80.